The predicted octanol–water partition coefficient (Wildman–Crippen LogP) is 2.00. The average Bonchev–Trinajstić information content (AvgIpc) is 2.42. The van der Waals surface area contributed by atoms with Crippen molar-refractivity contribution in [2.45, 2.75) is 44.7 Å². The highest BCUT2D eigenvalue weighted by atomic mass is 16.1. The van der Waals surface area contributed by atoms with Crippen molar-refractivity contribution in [2.75, 3.05) is 7.05 Å². The molecule has 0 radical (unpaired) electrons. The molecule has 0 saturated carbocycles. The van der Waals surface area contributed by atoms with Crippen molar-refractivity contribution in [1.82, 2.24) is 4.90 Å². The first-order chi connectivity index (χ1) is 6.59. The average molecular weight is 193 g/mol. The van der Waals surface area contributed by atoms with Gasteiger partial charge in [-0.1, -0.05) is 6.58 Å². The molecule has 78 valence electrons. The van der Waals surface area contributed by atoms with E-state index < -0.39 is 0 Å². The van der Waals surface area contributed by atoms with Gasteiger partial charge in [0.25, 0.3) is 0 Å². The van der Waals surface area contributed by atoms with Gasteiger partial charge in [-0.05, 0) is 45.2 Å². The van der Waals surface area contributed by atoms with Crippen LogP contribution < -0.4 is 0 Å². The summed E-state index contributed by atoms with van der Waals surface area (Å²) in [4.78, 5) is 14.3. The van der Waals surface area contributed by atoms with Gasteiger partial charge in [0.05, 0.1) is 0 Å². The van der Waals surface area contributed by atoms with Gasteiger partial charge in [0, 0.05) is 18.0 Å². The first kappa shape index (κ1) is 9.91. The lowest BCUT2D eigenvalue weighted by molar-refractivity contribution is -0.121. The van der Waals surface area contributed by atoms with Gasteiger partial charge in [0.1, 0.15) is 0 Å². The minimum Gasteiger partial charge on any atom is -0.300 e. The fourth-order valence-electron chi connectivity index (χ4n) is 2.97. The zero-order valence-electron chi connectivity index (χ0n) is 9.12. The molecule has 2 bridgehead atoms. The number of fused-ring (bicyclic) bond motifs is 2. The van der Waals surface area contributed by atoms with Crippen LogP contribution in [0.2, 0.25) is 0 Å². The Balaban J connectivity index is 2.06. The summed E-state index contributed by atoms with van der Waals surface area (Å²) in [5.41, 5.74) is 0.735. The first-order valence-corrected chi connectivity index (χ1v) is 5.51. The minimum absolute atomic E-state index is 0.265. The van der Waals surface area contributed by atoms with Crippen molar-refractivity contribution in [1.29, 1.82) is 0 Å². The monoisotopic (exact) mass is 193 g/mol. The Morgan fingerprint density at radius 3 is 2.21 bits per heavy atom. The standard InChI is InChI=1S/C12H19NO/c1-8(2)12(14)9-6-10-4-5-11(7-9)13(10)3/h9-11H,1,4-7H2,2-3H3. The third-order valence-electron chi connectivity index (χ3n) is 3.89. The van der Waals surface area contributed by atoms with E-state index in [-0.39, 0.29) is 5.92 Å². The molecule has 2 nitrogen and oxygen atoms in total. The van der Waals surface area contributed by atoms with Gasteiger partial charge < -0.3 is 4.90 Å². The molecule has 2 aliphatic heterocycles. The summed E-state index contributed by atoms with van der Waals surface area (Å²) in [6.45, 7) is 5.59. The summed E-state index contributed by atoms with van der Waals surface area (Å²) in [6.07, 6.45) is 4.67. The lowest BCUT2D eigenvalue weighted by Gasteiger charge is -2.35. The van der Waals surface area contributed by atoms with E-state index in [2.05, 4.69) is 18.5 Å². The van der Waals surface area contributed by atoms with Gasteiger partial charge in [0.15, 0.2) is 5.78 Å². The number of Topliss-reactive ketones (excluding diaryl/α,β-unsaturated/α-hetero) is 1. The van der Waals surface area contributed by atoms with E-state index >= 15 is 0 Å². The van der Waals surface area contributed by atoms with Crippen molar-refractivity contribution in [3.8, 4) is 0 Å². The van der Waals surface area contributed by atoms with Crippen molar-refractivity contribution in [3.05, 3.63) is 12.2 Å². The Morgan fingerprint density at radius 1 is 1.29 bits per heavy atom. The van der Waals surface area contributed by atoms with Crippen LogP contribution in [0.4, 0.5) is 0 Å². The van der Waals surface area contributed by atoms with E-state index in [1.54, 1.807) is 0 Å². The van der Waals surface area contributed by atoms with Gasteiger partial charge in [-0.15, -0.1) is 0 Å². The molecule has 14 heavy (non-hydrogen) atoms. The molecule has 2 rings (SSSR count). The highest BCUT2D eigenvalue weighted by Gasteiger charge is 2.40. The number of carbonyl (C=O) groups is 1. The smallest absolute Gasteiger partial charge is 0.161 e. The zero-order valence-corrected chi connectivity index (χ0v) is 9.12. The summed E-state index contributed by atoms with van der Waals surface area (Å²) < 4.78 is 0. The Morgan fingerprint density at radius 2 is 1.79 bits per heavy atom. The molecule has 0 amide bonds. The molecule has 0 aromatic heterocycles. The lowest BCUT2D eigenvalue weighted by atomic mass is 9.85. The van der Waals surface area contributed by atoms with Crippen molar-refractivity contribution in [2.24, 2.45) is 5.92 Å². The van der Waals surface area contributed by atoms with Gasteiger partial charge in [-0.3, -0.25) is 4.79 Å². The number of allylic oxidation sites excluding steroid dienone is 1. The molecule has 2 unspecified atom stereocenters. The molecular formula is C12H19NO. The molecule has 2 heterocycles. The number of carbonyl (C=O) groups excluding carboxylic acids is 1. The summed E-state index contributed by atoms with van der Waals surface area (Å²) >= 11 is 0. The van der Waals surface area contributed by atoms with E-state index in [0.717, 1.165) is 18.4 Å². The second-order valence-corrected chi connectivity index (χ2v) is 4.86. The fraction of sp³-hybridized carbons (Fsp3) is 0.750. The van der Waals surface area contributed by atoms with Gasteiger partial charge >= 0.3 is 0 Å². The maximum Gasteiger partial charge on any atom is 0.161 e. The Bertz CT molecular complexity index is 257. The van der Waals surface area contributed by atoms with Crippen LogP contribution >= 0.6 is 0 Å². The SMILES string of the molecule is C=C(C)C(=O)C1CC2CCC(C1)N2C. The number of rotatable bonds is 2. The van der Waals surface area contributed by atoms with Crippen molar-refractivity contribution < 1.29 is 4.79 Å². The largest absolute Gasteiger partial charge is 0.300 e. The Kier molecular flexibility index (Phi) is 2.48. The van der Waals surface area contributed by atoms with Crippen LogP contribution in [0.5, 0.6) is 0 Å². The van der Waals surface area contributed by atoms with Gasteiger partial charge in [-0.2, -0.15) is 0 Å². The van der Waals surface area contributed by atoms with E-state index in [1.807, 2.05) is 6.92 Å². The van der Waals surface area contributed by atoms with E-state index in [0.29, 0.717) is 17.9 Å². The van der Waals surface area contributed by atoms with Crippen LogP contribution in [0.3, 0.4) is 0 Å². The third-order valence-corrected chi connectivity index (χ3v) is 3.89. The van der Waals surface area contributed by atoms with Crippen molar-refractivity contribution >= 4 is 5.78 Å². The van der Waals surface area contributed by atoms with Crippen LogP contribution in [-0.4, -0.2) is 29.8 Å². The van der Waals surface area contributed by atoms with Crippen molar-refractivity contribution in [3.63, 3.8) is 0 Å². The van der Waals surface area contributed by atoms with E-state index in [4.69, 9.17) is 0 Å². The lowest BCUT2D eigenvalue weighted by Crippen LogP contribution is -2.42. The number of nitrogens with zero attached hydrogens (tertiary/aromatic N) is 1. The quantitative estimate of drug-likeness (QED) is 0.625. The number of hydrogen-bond donors (Lipinski definition) is 0. The van der Waals surface area contributed by atoms with Crippen LogP contribution in [-0.2, 0) is 4.79 Å². The highest BCUT2D eigenvalue weighted by molar-refractivity contribution is 5.96. The van der Waals surface area contributed by atoms with Crippen LogP contribution in [0.1, 0.15) is 32.6 Å². The summed E-state index contributed by atoms with van der Waals surface area (Å²) in [7, 11) is 2.20. The first-order valence-electron chi connectivity index (χ1n) is 5.51. The fourth-order valence-corrected chi connectivity index (χ4v) is 2.97. The third kappa shape index (κ3) is 1.52. The molecule has 0 aromatic carbocycles. The maximum absolute atomic E-state index is 11.8. The number of hydrogen-bond acceptors (Lipinski definition) is 2. The molecule has 2 heteroatoms. The normalized spacial score (nSPS) is 37.1. The molecule has 0 aromatic rings. The molecule has 2 aliphatic rings. The Hall–Kier alpha value is -0.630. The zero-order chi connectivity index (χ0) is 10.3. The second-order valence-electron chi connectivity index (χ2n) is 4.86. The summed E-state index contributed by atoms with van der Waals surface area (Å²) in [5, 5.41) is 0. The predicted molar refractivity (Wildman–Crippen MR) is 57.1 cm³/mol. The summed E-state index contributed by atoms with van der Waals surface area (Å²) in [5.74, 6) is 0.566. The van der Waals surface area contributed by atoms with Crippen LogP contribution in [0.15, 0.2) is 12.2 Å². The highest BCUT2D eigenvalue weighted by Crippen LogP contribution is 2.38. The second kappa shape index (κ2) is 3.50. The van der Waals surface area contributed by atoms with Gasteiger partial charge in [0.2, 0.25) is 0 Å². The van der Waals surface area contributed by atoms with E-state index in [9.17, 15) is 4.79 Å². The number of ketones is 1. The topological polar surface area (TPSA) is 20.3 Å². The molecular weight excluding hydrogens is 174 g/mol. The van der Waals surface area contributed by atoms with Gasteiger partial charge in [-0.25, -0.2) is 0 Å². The maximum atomic E-state index is 11.8. The van der Waals surface area contributed by atoms with E-state index in [1.165, 1.54) is 12.8 Å². The molecule has 0 spiro atoms. The molecule has 0 aliphatic carbocycles. The number of piperidine rings is 1. The minimum atomic E-state index is 0.265. The molecule has 0 N–H and O–H groups in total. The summed E-state index contributed by atoms with van der Waals surface area (Å²) in [6, 6.07) is 1.31. The Labute approximate surface area is 86.0 Å². The van der Waals surface area contributed by atoms with Crippen LogP contribution in [0, 0.1) is 5.92 Å². The molecule has 2 atom stereocenters. The van der Waals surface area contributed by atoms with Crippen LogP contribution in [0.25, 0.3) is 0 Å². The molecule has 2 fully saturated rings. The molecule has 2 saturated heterocycles.